The van der Waals surface area contributed by atoms with E-state index in [1.165, 1.54) is 0 Å². The molecule has 2 heterocycles. The van der Waals surface area contributed by atoms with Crippen LogP contribution in [0, 0.1) is 13.8 Å². The minimum Gasteiger partial charge on any atom is -0.497 e. The van der Waals surface area contributed by atoms with Crippen molar-refractivity contribution in [2.75, 3.05) is 18.2 Å². The third-order valence-corrected chi connectivity index (χ3v) is 5.29. The number of carbonyl (C=O) groups is 2. The second-order valence-corrected chi connectivity index (χ2v) is 7.43. The molecule has 6 nitrogen and oxygen atoms in total. The molecule has 156 valence electrons. The van der Waals surface area contributed by atoms with Crippen LogP contribution in [0.1, 0.15) is 37.5 Å². The lowest BCUT2D eigenvalue weighted by molar-refractivity contribution is 0.102. The number of hydrogen-bond acceptors (Lipinski definition) is 4. The standard InChI is InChI=1S/C25H23N3O3/c1-15-10-11-19(16(2)13-15)27-25(30)21-20-9-4-5-12-28(20)23(22(21)26)24(29)17-7-6-8-18(14-17)31-3/h4-14H,26H2,1-3H3,(H,27,30). The zero-order valence-electron chi connectivity index (χ0n) is 17.6. The summed E-state index contributed by atoms with van der Waals surface area (Å²) < 4.78 is 6.89. The van der Waals surface area contributed by atoms with E-state index in [-0.39, 0.29) is 28.6 Å². The van der Waals surface area contributed by atoms with Gasteiger partial charge in [0, 0.05) is 17.4 Å². The smallest absolute Gasteiger partial charge is 0.259 e. The van der Waals surface area contributed by atoms with Crippen LogP contribution in [0.4, 0.5) is 11.4 Å². The minimum atomic E-state index is -0.363. The van der Waals surface area contributed by atoms with E-state index in [2.05, 4.69) is 5.32 Å². The Kier molecular flexibility index (Phi) is 5.21. The highest BCUT2D eigenvalue weighted by Crippen LogP contribution is 2.30. The summed E-state index contributed by atoms with van der Waals surface area (Å²) >= 11 is 0. The van der Waals surface area contributed by atoms with Gasteiger partial charge in [0.25, 0.3) is 5.91 Å². The molecule has 1 amide bonds. The molecule has 0 atom stereocenters. The molecule has 0 aliphatic carbocycles. The van der Waals surface area contributed by atoms with Crippen molar-refractivity contribution in [1.82, 2.24) is 4.40 Å². The van der Waals surface area contributed by atoms with Crippen molar-refractivity contribution in [2.24, 2.45) is 0 Å². The maximum absolute atomic E-state index is 13.3. The fraction of sp³-hybridized carbons (Fsp3) is 0.120. The van der Waals surface area contributed by atoms with E-state index in [1.807, 2.05) is 38.1 Å². The average Bonchev–Trinajstić information content (AvgIpc) is 3.07. The minimum absolute atomic E-state index is 0.140. The summed E-state index contributed by atoms with van der Waals surface area (Å²) in [4.78, 5) is 26.6. The van der Waals surface area contributed by atoms with Crippen LogP contribution < -0.4 is 15.8 Å². The summed E-state index contributed by atoms with van der Waals surface area (Å²) in [5.74, 6) is -0.0842. The average molecular weight is 413 g/mol. The number of nitrogen functional groups attached to an aromatic ring is 1. The normalized spacial score (nSPS) is 10.8. The number of amides is 1. The molecule has 31 heavy (non-hydrogen) atoms. The molecule has 0 bridgehead atoms. The number of carbonyl (C=O) groups excluding carboxylic acids is 2. The number of methoxy groups -OCH3 is 1. The number of nitrogens with two attached hydrogens (primary N) is 1. The lowest BCUT2D eigenvalue weighted by atomic mass is 10.1. The zero-order chi connectivity index (χ0) is 22.1. The van der Waals surface area contributed by atoms with Crippen molar-refractivity contribution in [3.63, 3.8) is 0 Å². The molecule has 0 saturated carbocycles. The number of anilines is 2. The lowest BCUT2D eigenvalue weighted by Crippen LogP contribution is -2.15. The number of fused-ring (bicyclic) bond motifs is 1. The quantitative estimate of drug-likeness (QED) is 0.467. The van der Waals surface area contributed by atoms with Gasteiger partial charge in [-0.3, -0.25) is 9.59 Å². The van der Waals surface area contributed by atoms with E-state index in [4.69, 9.17) is 10.5 Å². The first-order valence-corrected chi connectivity index (χ1v) is 9.86. The first-order chi connectivity index (χ1) is 14.9. The SMILES string of the molecule is COc1cccc(C(=O)c2c(N)c(C(=O)Nc3ccc(C)cc3C)c3ccccn23)c1. The number of nitrogens with one attached hydrogen (secondary N) is 1. The van der Waals surface area contributed by atoms with Gasteiger partial charge >= 0.3 is 0 Å². The lowest BCUT2D eigenvalue weighted by Gasteiger charge is -2.09. The number of rotatable bonds is 5. The Morgan fingerprint density at radius 3 is 2.55 bits per heavy atom. The molecular weight excluding hydrogens is 390 g/mol. The van der Waals surface area contributed by atoms with Crippen molar-refractivity contribution >= 4 is 28.6 Å². The van der Waals surface area contributed by atoms with E-state index < -0.39 is 0 Å². The molecule has 0 aliphatic heterocycles. The van der Waals surface area contributed by atoms with Crippen molar-refractivity contribution in [3.05, 3.63) is 94.8 Å². The molecule has 0 aliphatic rings. The molecule has 2 aromatic heterocycles. The van der Waals surface area contributed by atoms with Crippen LogP contribution in [-0.2, 0) is 0 Å². The summed E-state index contributed by atoms with van der Waals surface area (Å²) in [7, 11) is 1.54. The van der Waals surface area contributed by atoms with Gasteiger partial charge in [0.1, 0.15) is 11.4 Å². The number of ketones is 1. The summed E-state index contributed by atoms with van der Waals surface area (Å²) in [5, 5.41) is 2.93. The van der Waals surface area contributed by atoms with E-state index >= 15 is 0 Å². The molecule has 4 rings (SSSR count). The van der Waals surface area contributed by atoms with Crippen LogP contribution in [0.15, 0.2) is 66.9 Å². The van der Waals surface area contributed by atoms with Gasteiger partial charge in [0.05, 0.1) is 23.9 Å². The van der Waals surface area contributed by atoms with Gasteiger partial charge in [-0.2, -0.15) is 0 Å². The van der Waals surface area contributed by atoms with Crippen molar-refractivity contribution in [1.29, 1.82) is 0 Å². The van der Waals surface area contributed by atoms with Gasteiger partial charge < -0.3 is 20.2 Å². The second-order valence-electron chi connectivity index (χ2n) is 7.43. The number of aromatic nitrogens is 1. The highest BCUT2D eigenvalue weighted by molar-refractivity contribution is 6.20. The van der Waals surface area contributed by atoms with Gasteiger partial charge in [-0.15, -0.1) is 0 Å². The molecule has 0 saturated heterocycles. The first kappa shape index (κ1) is 20.2. The van der Waals surface area contributed by atoms with Gasteiger partial charge in [-0.1, -0.05) is 35.9 Å². The Morgan fingerprint density at radius 2 is 1.81 bits per heavy atom. The van der Waals surface area contributed by atoms with E-state index in [0.29, 0.717) is 22.5 Å². The van der Waals surface area contributed by atoms with E-state index in [1.54, 1.807) is 54.1 Å². The zero-order valence-corrected chi connectivity index (χ0v) is 17.6. The monoisotopic (exact) mass is 413 g/mol. The fourth-order valence-electron chi connectivity index (χ4n) is 3.74. The van der Waals surface area contributed by atoms with Crippen LogP contribution >= 0.6 is 0 Å². The highest BCUT2D eigenvalue weighted by atomic mass is 16.5. The third kappa shape index (κ3) is 3.64. The van der Waals surface area contributed by atoms with Crippen LogP contribution in [0.3, 0.4) is 0 Å². The summed E-state index contributed by atoms with van der Waals surface area (Å²) in [5.41, 5.74) is 10.8. The predicted molar refractivity (Wildman–Crippen MR) is 122 cm³/mol. The molecule has 0 fully saturated rings. The number of hydrogen-bond donors (Lipinski definition) is 2. The van der Waals surface area contributed by atoms with Gasteiger partial charge in [-0.05, 0) is 49.7 Å². The predicted octanol–water partition coefficient (Wildman–Crippen LogP) is 4.63. The molecule has 3 N–H and O–H groups in total. The van der Waals surface area contributed by atoms with Gasteiger partial charge in [-0.25, -0.2) is 0 Å². The van der Waals surface area contributed by atoms with Gasteiger partial charge in [0.2, 0.25) is 5.78 Å². The van der Waals surface area contributed by atoms with Crippen LogP contribution in [0.5, 0.6) is 5.75 Å². The van der Waals surface area contributed by atoms with Crippen molar-refractivity contribution in [2.45, 2.75) is 13.8 Å². The number of aryl methyl sites for hydroxylation is 2. The number of benzene rings is 2. The summed E-state index contributed by atoms with van der Waals surface area (Å²) in [6.45, 7) is 3.93. The molecule has 6 heteroatoms. The highest BCUT2D eigenvalue weighted by Gasteiger charge is 2.26. The Balaban J connectivity index is 1.81. The van der Waals surface area contributed by atoms with Gasteiger partial charge in [0.15, 0.2) is 0 Å². The number of nitrogens with zero attached hydrogens (tertiary/aromatic N) is 1. The Hall–Kier alpha value is -4.06. The Labute approximate surface area is 180 Å². The molecule has 2 aromatic carbocycles. The van der Waals surface area contributed by atoms with E-state index in [9.17, 15) is 9.59 Å². The van der Waals surface area contributed by atoms with E-state index in [0.717, 1.165) is 11.1 Å². The molecular formula is C25H23N3O3. The molecule has 0 unspecified atom stereocenters. The largest absolute Gasteiger partial charge is 0.497 e. The fourth-order valence-corrected chi connectivity index (χ4v) is 3.74. The van der Waals surface area contributed by atoms with Crippen LogP contribution in [-0.4, -0.2) is 23.2 Å². The Bertz CT molecular complexity index is 1320. The summed E-state index contributed by atoms with van der Waals surface area (Å²) in [6.07, 6.45) is 1.73. The second kappa shape index (κ2) is 7.99. The van der Waals surface area contributed by atoms with Crippen LogP contribution in [0.2, 0.25) is 0 Å². The van der Waals surface area contributed by atoms with Crippen molar-refractivity contribution < 1.29 is 14.3 Å². The van der Waals surface area contributed by atoms with Crippen molar-refractivity contribution in [3.8, 4) is 5.75 Å². The molecule has 4 aromatic rings. The maximum atomic E-state index is 13.3. The number of ether oxygens (including phenoxy) is 1. The summed E-state index contributed by atoms with van der Waals surface area (Å²) in [6, 6.07) is 18.0. The Morgan fingerprint density at radius 1 is 1.00 bits per heavy atom. The number of pyridine rings is 1. The van der Waals surface area contributed by atoms with Crippen LogP contribution in [0.25, 0.3) is 5.52 Å². The third-order valence-electron chi connectivity index (χ3n) is 5.29. The molecule has 0 spiro atoms. The topological polar surface area (TPSA) is 85.8 Å². The molecule has 0 radical (unpaired) electrons. The first-order valence-electron chi connectivity index (χ1n) is 9.86. The maximum Gasteiger partial charge on any atom is 0.259 e.